The first-order valence-electron chi connectivity index (χ1n) is 10.2. The quantitative estimate of drug-likeness (QED) is 0.485. The normalized spacial score (nSPS) is 20.5. The van der Waals surface area contributed by atoms with Gasteiger partial charge in [-0.25, -0.2) is 0 Å². The SMILES string of the molecule is C/C=C\c1ccc([C@H]2CC[C@H](c3ccc(COCCC)cc3)CC2)cc1. The summed E-state index contributed by atoms with van der Waals surface area (Å²) in [4.78, 5) is 0. The summed E-state index contributed by atoms with van der Waals surface area (Å²) in [5, 5.41) is 0. The van der Waals surface area contributed by atoms with Crippen LogP contribution in [0.1, 0.15) is 80.0 Å². The maximum Gasteiger partial charge on any atom is 0.0716 e. The molecule has 1 heteroatoms. The van der Waals surface area contributed by atoms with E-state index >= 15 is 0 Å². The van der Waals surface area contributed by atoms with Crippen LogP contribution in [0.25, 0.3) is 6.08 Å². The highest BCUT2D eigenvalue weighted by atomic mass is 16.5. The van der Waals surface area contributed by atoms with Gasteiger partial charge in [-0.2, -0.15) is 0 Å². The van der Waals surface area contributed by atoms with Crippen LogP contribution >= 0.6 is 0 Å². The molecule has 0 bridgehead atoms. The van der Waals surface area contributed by atoms with E-state index < -0.39 is 0 Å². The molecule has 0 unspecified atom stereocenters. The van der Waals surface area contributed by atoms with Gasteiger partial charge in [0, 0.05) is 6.61 Å². The molecule has 2 aromatic carbocycles. The summed E-state index contributed by atoms with van der Waals surface area (Å²) in [5.41, 5.74) is 5.61. The van der Waals surface area contributed by atoms with Gasteiger partial charge in [0.15, 0.2) is 0 Å². The third-order valence-corrected chi connectivity index (χ3v) is 5.56. The minimum Gasteiger partial charge on any atom is -0.377 e. The Morgan fingerprint density at radius 1 is 0.846 bits per heavy atom. The van der Waals surface area contributed by atoms with Crippen molar-refractivity contribution in [3.63, 3.8) is 0 Å². The van der Waals surface area contributed by atoms with Crippen molar-refractivity contribution in [3.8, 4) is 0 Å². The summed E-state index contributed by atoms with van der Waals surface area (Å²) in [6, 6.07) is 18.3. The fraction of sp³-hybridized carbons (Fsp3) is 0.440. The van der Waals surface area contributed by atoms with Crippen molar-refractivity contribution in [2.45, 2.75) is 64.4 Å². The molecule has 1 aliphatic rings. The van der Waals surface area contributed by atoms with E-state index in [1.165, 1.54) is 47.9 Å². The van der Waals surface area contributed by atoms with Gasteiger partial charge in [-0.3, -0.25) is 0 Å². The molecule has 0 atom stereocenters. The molecule has 138 valence electrons. The van der Waals surface area contributed by atoms with Gasteiger partial charge in [0.2, 0.25) is 0 Å². The van der Waals surface area contributed by atoms with Crippen molar-refractivity contribution in [2.24, 2.45) is 0 Å². The predicted octanol–water partition coefficient (Wildman–Crippen LogP) is 7.09. The van der Waals surface area contributed by atoms with Gasteiger partial charge in [0.05, 0.1) is 6.61 Å². The van der Waals surface area contributed by atoms with Crippen LogP contribution in [0.5, 0.6) is 0 Å². The van der Waals surface area contributed by atoms with Crippen molar-refractivity contribution >= 4 is 6.08 Å². The first-order valence-corrected chi connectivity index (χ1v) is 10.2. The Hall–Kier alpha value is -1.86. The first-order chi connectivity index (χ1) is 12.8. The Morgan fingerprint density at radius 2 is 1.38 bits per heavy atom. The highest BCUT2D eigenvalue weighted by Crippen LogP contribution is 2.40. The maximum absolute atomic E-state index is 5.64. The molecule has 1 fully saturated rings. The smallest absolute Gasteiger partial charge is 0.0716 e. The summed E-state index contributed by atoms with van der Waals surface area (Å²) in [7, 11) is 0. The molecule has 1 nitrogen and oxygen atoms in total. The van der Waals surface area contributed by atoms with Gasteiger partial charge in [-0.05, 0) is 73.1 Å². The van der Waals surface area contributed by atoms with Crippen LogP contribution < -0.4 is 0 Å². The molecule has 0 amide bonds. The van der Waals surface area contributed by atoms with Gasteiger partial charge in [-0.1, -0.05) is 67.6 Å². The van der Waals surface area contributed by atoms with E-state index in [4.69, 9.17) is 4.74 Å². The van der Waals surface area contributed by atoms with Crippen molar-refractivity contribution in [2.75, 3.05) is 6.61 Å². The lowest BCUT2D eigenvalue weighted by molar-refractivity contribution is 0.121. The number of allylic oxidation sites excluding steroid dienone is 1. The summed E-state index contributed by atoms with van der Waals surface area (Å²) in [6.45, 7) is 5.81. The van der Waals surface area contributed by atoms with E-state index in [0.717, 1.165) is 31.5 Å². The van der Waals surface area contributed by atoms with Gasteiger partial charge >= 0.3 is 0 Å². The van der Waals surface area contributed by atoms with Crippen molar-refractivity contribution in [3.05, 3.63) is 76.9 Å². The molecule has 0 spiro atoms. The molecule has 0 radical (unpaired) electrons. The first kappa shape index (κ1) is 18.9. The van der Waals surface area contributed by atoms with Crippen LogP contribution in [0, 0.1) is 0 Å². The van der Waals surface area contributed by atoms with Gasteiger partial charge in [0.25, 0.3) is 0 Å². The zero-order valence-corrected chi connectivity index (χ0v) is 16.3. The summed E-state index contributed by atoms with van der Waals surface area (Å²) in [5.74, 6) is 1.45. The largest absolute Gasteiger partial charge is 0.377 e. The molecular weight excluding hydrogens is 316 g/mol. The Balaban J connectivity index is 1.53. The molecule has 1 aliphatic carbocycles. The lowest BCUT2D eigenvalue weighted by atomic mass is 9.76. The molecule has 0 heterocycles. The Bertz CT molecular complexity index is 673. The molecule has 0 aliphatic heterocycles. The van der Waals surface area contributed by atoms with Crippen molar-refractivity contribution < 1.29 is 4.74 Å². The van der Waals surface area contributed by atoms with Crippen LogP contribution in [-0.2, 0) is 11.3 Å². The van der Waals surface area contributed by atoms with Crippen LogP contribution in [0.4, 0.5) is 0 Å². The van der Waals surface area contributed by atoms with E-state index in [1.54, 1.807) is 0 Å². The predicted molar refractivity (Wildman–Crippen MR) is 111 cm³/mol. The van der Waals surface area contributed by atoms with E-state index in [2.05, 4.69) is 74.5 Å². The van der Waals surface area contributed by atoms with E-state index in [1.807, 2.05) is 0 Å². The topological polar surface area (TPSA) is 9.23 Å². The van der Waals surface area contributed by atoms with Gasteiger partial charge in [-0.15, -0.1) is 0 Å². The third kappa shape index (κ3) is 5.08. The fourth-order valence-corrected chi connectivity index (χ4v) is 4.05. The van der Waals surface area contributed by atoms with Crippen LogP contribution in [0.2, 0.25) is 0 Å². The van der Waals surface area contributed by atoms with Crippen molar-refractivity contribution in [1.29, 1.82) is 0 Å². The molecule has 0 aromatic heterocycles. The average Bonchev–Trinajstić information content (AvgIpc) is 2.70. The fourth-order valence-electron chi connectivity index (χ4n) is 4.05. The van der Waals surface area contributed by atoms with E-state index in [-0.39, 0.29) is 0 Å². The highest BCUT2D eigenvalue weighted by Gasteiger charge is 2.23. The van der Waals surface area contributed by atoms with E-state index in [9.17, 15) is 0 Å². The van der Waals surface area contributed by atoms with Crippen molar-refractivity contribution in [1.82, 2.24) is 0 Å². The Labute approximate surface area is 159 Å². The second-order valence-corrected chi connectivity index (χ2v) is 7.51. The lowest BCUT2D eigenvalue weighted by Gasteiger charge is -2.29. The molecule has 0 N–H and O–H groups in total. The second-order valence-electron chi connectivity index (χ2n) is 7.51. The molecule has 1 saturated carbocycles. The highest BCUT2D eigenvalue weighted by molar-refractivity contribution is 5.49. The summed E-state index contributed by atoms with van der Waals surface area (Å²) < 4.78 is 5.64. The third-order valence-electron chi connectivity index (χ3n) is 5.56. The number of rotatable bonds is 7. The number of benzene rings is 2. The lowest BCUT2D eigenvalue weighted by Crippen LogP contribution is -2.12. The van der Waals surface area contributed by atoms with Crippen LogP contribution in [0.3, 0.4) is 0 Å². The number of hydrogen-bond acceptors (Lipinski definition) is 1. The number of hydrogen-bond donors (Lipinski definition) is 0. The molecule has 2 aromatic rings. The number of ether oxygens (including phenoxy) is 1. The molecule has 0 saturated heterocycles. The van der Waals surface area contributed by atoms with Gasteiger partial charge < -0.3 is 4.74 Å². The zero-order valence-electron chi connectivity index (χ0n) is 16.3. The minimum atomic E-state index is 0.721. The molecular formula is C25H32O. The molecule has 26 heavy (non-hydrogen) atoms. The van der Waals surface area contributed by atoms with Crippen LogP contribution in [0.15, 0.2) is 54.6 Å². The monoisotopic (exact) mass is 348 g/mol. The Morgan fingerprint density at radius 3 is 1.88 bits per heavy atom. The summed E-state index contributed by atoms with van der Waals surface area (Å²) in [6.07, 6.45) is 10.5. The van der Waals surface area contributed by atoms with Gasteiger partial charge in [0.1, 0.15) is 0 Å². The van der Waals surface area contributed by atoms with E-state index in [0.29, 0.717) is 0 Å². The molecule has 3 rings (SSSR count). The standard InChI is InChI=1S/C25H32O/c1-3-5-20-6-10-22(11-7-20)24-14-16-25(17-15-24)23-12-8-21(9-13-23)19-26-18-4-2/h3,5-13,24-25H,4,14-19H2,1-2H3/b5-3-/t24-,25-. The second kappa shape index (κ2) is 9.73. The Kier molecular flexibility index (Phi) is 7.08. The summed E-state index contributed by atoms with van der Waals surface area (Å²) >= 11 is 0. The minimum absolute atomic E-state index is 0.721. The maximum atomic E-state index is 5.64. The van der Waals surface area contributed by atoms with Crippen LogP contribution in [-0.4, -0.2) is 6.61 Å². The average molecular weight is 349 g/mol. The zero-order chi connectivity index (χ0) is 18.2.